The second kappa shape index (κ2) is 2.73. The minimum Gasteiger partial charge on any atom is -0.357 e. The van der Waals surface area contributed by atoms with E-state index in [1.165, 1.54) is 17.7 Å². The summed E-state index contributed by atoms with van der Waals surface area (Å²) < 4.78 is 0. The van der Waals surface area contributed by atoms with Crippen molar-refractivity contribution in [1.29, 1.82) is 0 Å². The molecule has 2 rings (SSSR count). The number of anilines is 1. The fourth-order valence-electron chi connectivity index (χ4n) is 1.67. The van der Waals surface area contributed by atoms with Crippen molar-refractivity contribution in [2.75, 3.05) is 12.4 Å². The van der Waals surface area contributed by atoms with Crippen LogP contribution in [0.2, 0.25) is 0 Å². The molecule has 3 heteroatoms. The van der Waals surface area contributed by atoms with Crippen LogP contribution >= 0.6 is 0 Å². The first-order chi connectivity index (χ1) is 5.81. The van der Waals surface area contributed by atoms with Crippen LogP contribution in [-0.2, 0) is 6.42 Å². The normalized spacial score (nSPS) is 20.7. The van der Waals surface area contributed by atoms with E-state index in [0.29, 0.717) is 5.92 Å². The zero-order valence-corrected chi connectivity index (χ0v) is 7.46. The smallest absolute Gasteiger partial charge is 0.222 e. The fourth-order valence-corrected chi connectivity index (χ4v) is 1.67. The van der Waals surface area contributed by atoms with Gasteiger partial charge < -0.3 is 5.32 Å². The third kappa shape index (κ3) is 1.05. The maximum atomic E-state index is 4.43. The zero-order valence-electron chi connectivity index (χ0n) is 7.46. The second-order valence-corrected chi connectivity index (χ2v) is 3.29. The molecule has 12 heavy (non-hydrogen) atoms. The van der Waals surface area contributed by atoms with Crippen molar-refractivity contribution in [1.82, 2.24) is 9.97 Å². The molecule has 0 bridgehead atoms. The number of rotatable bonds is 1. The van der Waals surface area contributed by atoms with Gasteiger partial charge in [0.25, 0.3) is 0 Å². The Morgan fingerprint density at radius 1 is 1.58 bits per heavy atom. The van der Waals surface area contributed by atoms with Crippen LogP contribution < -0.4 is 5.32 Å². The van der Waals surface area contributed by atoms with E-state index in [9.17, 15) is 0 Å². The zero-order chi connectivity index (χ0) is 8.55. The molecule has 0 radical (unpaired) electrons. The summed E-state index contributed by atoms with van der Waals surface area (Å²) in [4.78, 5) is 8.61. The lowest BCUT2D eigenvalue weighted by Gasteiger charge is -2.04. The Bertz CT molecular complexity index is 296. The third-order valence-corrected chi connectivity index (χ3v) is 2.44. The molecule has 1 aliphatic carbocycles. The monoisotopic (exact) mass is 163 g/mol. The van der Waals surface area contributed by atoms with Gasteiger partial charge in [0.05, 0.1) is 5.69 Å². The van der Waals surface area contributed by atoms with E-state index in [1.54, 1.807) is 0 Å². The largest absolute Gasteiger partial charge is 0.357 e. The summed E-state index contributed by atoms with van der Waals surface area (Å²) in [6, 6.07) is 0. The van der Waals surface area contributed by atoms with Crippen LogP contribution in [0.15, 0.2) is 6.20 Å². The van der Waals surface area contributed by atoms with Crippen molar-refractivity contribution in [3.8, 4) is 0 Å². The van der Waals surface area contributed by atoms with E-state index < -0.39 is 0 Å². The quantitative estimate of drug-likeness (QED) is 0.682. The van der Waals surface area contributed by atoms with Crippen molar-refractivity contribution in [3.63, 3.8) is 0 Å². The molecular weight excluding hydrogens is 150 g/mol. The third-order valence-electron chi connectivity index (χ3n) is 2.44. The van der Waals surface area contributed by atoms with Crippen molar-refractivity contribution in [2.45, 2.75) is 25.7 Å². The molecule has 0 aromatic carbocycles. The molecule has 3 nitrogen and oxygen atoms in total. The van der Waals surface area contributed by atoms with Gasteiger partial charge in [0.2, 0.25) is 5.95 Å². The van der Waals surface area contributed by atoms with Crippen LogP contribution in [0.25, 0.3) is 0 Å². The Balaban J connectivity index is 2.43. The van der Waals surface area contributed by atoms with E-state index >= 15 is 0 Å². The van der Waals surface area contributed by atoms with Crippen molar-refractivity contribution in [3.05, 3.63) is 17.5 Å². The molecule has 0 saturated heterocycles. The van der Waals surface area contributed by atoms with Crippen molar-refractivity contribution < 1.29 is 0 Å². The predicted octanol–water partition coefficient (Wildman–Crippen LogP) is 1.57. The molecule has 0 saturated carbocycles. The van der Waals surface area contributed by atoms with Crippen molar-refractivity contribution in [2.24, 2.45) is 0 Å². The number of hydrogen-bond acceptors (Lipinski definition) is 3. The Hall–Kier alpha value is -1.12. The van der Waals surface area contributed by atoms with Crippen LogP contribution in [0.5, 0.6) is 0 Å². The first kappa shape index (κ1) is 7.53. The molecular formula is C9H13N3. The van der Waals surface area contributed by atoms with Gasteiger partial charge in [-0.2, -0.15) is 0 Å². The summed E-state index contributed by atoms with van der Waals surface area (Å²) in [5.74, 6) is 1.35. The summed E-state index contributed by atoms with van der Waals surface area (Å²) in [6.45, 7) is 2.22. The molecule has 1 aromatic rings. The first-order valence-corrected chi connectivity index (χ1v) is 4.35. The van der Waals surface area contributed by atoms with E-state index in [0.717, 1.165) is 12.4 Å². The molecule has 0 spiro atoms. The van der Waals surface area contributed by atoms with Gasteiger partial charge in [-0.1, -0.05) is 6.92 Å². The molecule has 0 fully saturated rings. The van der Waals surface area contributed by atoms with E-state index in [-0.39, 0.29) is 0 Å². The lowest BCUT2D eigenvalue weighted by atomic mass is 10.1. The second-order valence-electron chi connectivity index (χ2n) is 3.29. The molecule has 64 valence electrons. The summed E-state index contributed by atoms with van der Waals surface area (Å²) in [6.07, 6.45) is 4.30. The topological polar surface area (TPSA) is 37.8 Å². The van der Waals surface area contributed by atoms with E-state index in [2.05, 4.69) is 22.2 Å². The molecule has 1 heterocycles. The highest BCUT2D eigenvalue weighted by Gasteiger charge is 2.20. The fraction of sp³-hybridized carbons (Fsp3) is 0.556. The highest BCUT2D eigenvalue weighted by Crippen LogP contribution is 2.30. The van der Waals surface area contributed by atoms with E-state index in [4.69, 9.17) is 0 Å². The summed E-state index contributed by atoms with van der Waals surface area (Å²) in [5, 5.41) is 2.96. The van der Waals surface area contributed by atoms with Gasteiger partial charge in [-0.25, -0.2) is 9.97 Å². The molecule has 1 aliphatic rings. The average molecular weight is 163 g/mol. The molecule has 1 aromatic heterocycles. The minimum atomic E-state index is 0.607. The highest BCUT2D eigenvalue weighted by atomic mass is 15.1. The van der Waals surface area contributed by atoms with Gasteiger partial charge in [-0.3, -0.25) is 0 Å². The first-order valence-electron chi connectivity index (χ1n) is 4.35. The van der Waals surface area contributed by atoms with Gasteiger partial charge in [0, 0.05) is 13.2 Å². The minimum absolute atomic E-state index is 0.607. The van der Waals surface area contributed by atoms with Crippen molar-refractivity contribution >= 4 is 5.95 Å². The lowest BCUT2D eigenvalue weighted by Crippen LogP contribution is -2.00. The Labute approximate surface area is 72.2 Å². The molecule has 1 unspecified atom stereocenters. The van der Waals surface area contributed by atoms with Crippen LogP contribution in [0.1, 0.15) is 30.5 Å². The number of nitrogens with zero attached hydrogens (tertiary/aromatic N) is 2. The van der Waals surface area contributed by atoms with Gasteiger partial charge in [-0.15, -0.1) is 0 Å². The van der Waals surface area contributed by atoms with Gasteiger partial charge in [-0.05, 0) is 24.3 Å². The SMILES string of the molecule is CNc1ncc2c(n1)C(C)CC2. The molecule has 0 aliphatic heterocycles. The Morgan fingerprint density at radius 2 is 2.42 bits per heavy atom. The molecule has 1 N–H and O–H groups in total. The van der Waals surface area contributed by atoms with E-state index in [1.807, 2.05) is 13.2 Å². The summed E-state index contributed by atoms with van der Waals surface area (Å²) in [7, 11) is 1.85. The van der Waals surface area contributed by atoms with Crippen LogP contribution in [0.4, 0.5) is 5.95 Å². The summed E-state index contributed by atoms with van der Waals surface area (Å²) >= 11 is 0. The van der Waals surface area contributed by atoms with Crippen LogP contribution in [0, 0.1) is 0 Å². The van der Waals surface area contributed by atoms with Gasteiger partial charge in [0.15, 0.2) is 0 Å². The Kier molecular flexibility index (Phi) is 1.71. The maximum absolute atomic E-state index is 4.43. The van der Waals surface area contributed by atoms with Crippen LogP contribution in [0.3, 0.4) is 0 Å². The van der Waals surface area contributed by atoms with Gasteiger partial charge >= 0.3 is 0 Å². The maximum Gasteiger partial charge on any atom is 0.222 e. The number of aryl methyl sites for hydroxylation is 1. The number of nitrogens with one attached hydrogen (secondary N) is 1. The lowest BCUT2D eigenvalue weighted by molar-refractivity contribution is 0.731. The number of fused-ring (bicyclic) bond motifs is 1. The average Bonchev–Trinajstić information content (AvgIpc) is 2.47. The molecule has 0 amide bonds. The highest BCUT2D eigenvalue weighted by molar-refractivity contribution is 5.33. The molecule has 1 atom stereocenters. The standard InChI is InChI=1S/C9H13N3/c1-6-3-4-7-5-11-9(10-2)12-8(6)7/h5-6H,3-4H2,1-2H3,(H,10,11,12). The van der Waals surface area contributed by atoms with Crippen LogP contribution in [-0.4, -0.2) is 17.0 Å². The predicted molar refractivity (Wildman–Crippen MR) is 48.3 cm³/mol. The number of aromatic nitrogens is 2. The summed E-state index contributed by atoms with van der Waals surface area (Å²) in [5.41, 5.74) is 2.55. The van der Waals surface area contributed by atoms with Gasteiger partial charge in [0.1, 0.15) is 0 Å². The Morgan fingerprint density at radius 3 is 3.17 bits per heavy atom. The number of hydrogen-bond donors (Lipinski definition) is 1.